The molecule has 0 saturated heterocycles. The minimum absolute atomic E-state index is 0.734. The standard InChI is InChI=1S/2C5H7NO/c1-4-3-7-5(2)6-4;1-4-3-5(2)7-6-4/h2*3H,1-2H3. The molecule has 0 bridgehead atoms. The Balaban J connectivity index is 0.000000140. The lowest BCUT2D eigenvalue weighted by Gasteiger charge is -1.68. The topological polar surface area (TPSA) is 52.1 Å². The van der Waals surface area contributed by atoms with Gasteiger partial charge in [-0.05, 0) is 20.8 Å². The second-order valence-corrected chi connectivity index (χ2v) is 3.09. The van der Waals surface area contributed by atoms with Gasteiger partial charge in [-0.2, -0.15) is 0 Å². The van der Waals surface area contributed by atoms with Crippen molar-refractivity contribution in [3.8, 4) is 0 Å². The summed E-state index contributed by atoms with van der Waals surface area (Å²) in [4.78, 5) is 3.94. The minimum atomic E-state index is 0.734. The minimum Gasteiger partial charge on any atom is -0.449 e. The Labute approximate surface area is 82.9 Å². The molecule has 2 aromatic heterocycles. The highest BCUT2D eigenvalue weighted by Crippen LogP contribution is 1.97. The highest BCUT2D eigenvalue weighted by Gasteiger charge is 1.88. The summed E-state index contributed by atoms with van der Waals surface area (Å²) in [6, 6.07) is 1.89. The first-order chi connectivity index (χ1) is 6.58. The molecule has 0 aromatic carbocycles. The Bertz CT molecular complexity index is 319. The average molecular weight is 194 g/mol. The van der Waals surface area contributed by atoms with Gasteiger partial charge in [-0.25, -0.2) is 4.98 Å². The van der Waals surface area contributed by atoms with Crippen molar-refractivity contribution in [2.24, 2.45) is 0 Å². The third-order valence-corrected chi connectivity index (χ3v) is 1.48. The first kappa shape index (κ1) is 10.5. The van der Waals surface area contributed by atoms with Crippen LogP contribution in [0.15, 0.2) is 21.3 Å². The Morgan fingerprint density at radius 2 is 1.79 bits per heavy atom. The van der Waals surface area contributed by atoms with Crippen LogP contribution >= 0.6 is 0 Å². The lowest BCUT2D eigenvalue weighted by molar-refractivity contribution is 0.393. The zero-order valence-corrected chi connectivity index (χ0v) is 8.87. The van der Waals surface area contributed by atoms with E-state index in [1.165, 1.54) is 0 Å². The van der Waals surface area contributed by atoms with Gasteiger partial charge in [-0.15, -0.1) is 0 Å². The van der Waals surface area contributed by atoms with Crippen molar-refractivity contribution in [1.82, 2.24) is 10.1 Å². The third kappa shape index (κ3) is 3.43. The SMILES string of the molecule is Cc1cc(C)on1.Cc1coc(C)n1. The molecule has 0 fully saturated rings. The van der Waals surface area contributed by atoms with Gasteiger partial charge in [-0.1, -0.05) is 5.16 Å². The van der Waals surface area contributed by atoms with Crippen LogP contribution in [0.25, 0.3) is 0 Å². The molecular weight excluding hydrogens is 180 g/mol. The molecule has 2 rings (SSSR count). The molecule has 0 unspecified atom stereocenters. The van der Waals surface area contributed by atoms with Crippen LogP contribution in [0.4, 0.5) is 0 Å². The predicted octanol–water partition coefficient (Wildman–Crippen LogP) is 2.58. The summed E-state index contributed by atoms with van der Waals surface area (Å²) in [7, 11) is 0. The van der Waals surface area contributed by atoms with Crippen molar-refractivity contribution in [1.29, 1.82) is 0 Å². The Hall–Kier alpha value is -1.58. The van der Waals surface area contributed by atoms with E-state index in [2.05, 4.69) is 10.1 Å². The molecule has 4 nitrogen and oxygen atoms in total. The third-order valence-electron chi connectivity index (χ3n) is 1.48. The Kier molecular flexibility index (Phi) is 3.45. The highest BCUT2D eigenvalue weighted by molar-refractivity contribution is 4.99. The van der Waals surface area contributed by atoms with Crippen molar-refractivity contribution in [3.63, 3.8) is 0 Å². The van der Waals surface area contributed by atoms with Crippen LogP contribution in [0, 0.1) is 27.7 Å². The van der Waals surface area contributed by atoms with E-state index in [0.717, 1.165) is 23.0 Å². The molecule has 2 aromatic rings. The molecule has 0 amide bonds. The van der Waals surface area contributed by atoms with Gasteiger partial charge in [-0.3, -0.25) is 0 Å². The monoisotopic (exact) mass is 194 g/mol. The Morgan fingerprint density at radius 3 is 1.93 bits per heavy atom. The van der Waals surface area contributed by atoms with Crippen LogP contribution < -0.4 is 0 Å². The van der Waals surface area contributed by atoms with Gasteiger partial charge in [0.15, 0.2) is 5.89 Å². The maximum atomic E-state index is 4.85. The molecule has 0 aliphatic rings. The maximum absolute atomic E-state index is 4.85. The van der Waals surface area contributed by atoms with E-state index in [1.54, 1.807) is 6.26 Å². The van der Waals surface area contributed by atoms with E-state index in [-0.39, 0.29) is 0 Å². The van der Waals surface area contributed by atoms with Gasteiger partial charge in [0.1, 0.15) is 12.0 Å². The molecule has 76 valence electrons. The summed E-state index contributed by atoms with van der Waals surface area (Å²) >= 11 is 0. The summed E-state index contributed by atoms with van der Waals surface area (Å²) in [5, 5.41) is 3.64. The van der Waals surface area contributed by atoms with Crippen molar-refractivity contribution < 1.29 is 8.94 Å². The van der Waals surface area contributed by atoms with Gasteiger partial charge in [0.05, 0.1) is 11.4 Å². The van der Waals surface area contributed by atoms with Crippen LogP contribution in [0.3, 0.4) is 0 Å². The number of nitrogens with zero attached hydrogens (tertiary/aromatic N) is 2. The fourth-order valence-corrected chi connectivity index (χ4v) is 0.962. The van der Waals surface area contributed by atoms with E-state index >= 15 is 0 Å². The smallest absolute Gasteiger partial charge is 0.191 e. The maximum Gasteiger partial charge on any atom is 0.191 e. The molecule has 0 atom stereocenters. The molecule has 0 aliphatic carbocycles. The summed E-state index contributed by atoms with van der Waals surface area (Å²) in [5.74, 6) is 1.61. The first-order valence-electron chi connectivity index (χ1n) is 4.36. The number of hydrogen-bond acceptors (Lipinski definition) is 4. The molecule has 2 heterocycles. The van der Waals surface area contributed by atoms with Crippen LogP contribution in [0.1, 0.15) is 23.0 Å². The van der Waals surface area contributed by atoms with Crippen LogP contribution in [-0.2, 0) is 0 Å². The molecular formula is C10H14N2O2. The number of aryl methyl sites for hydroxylation is 4. The van der Waals surface area contributed by atoms with E-state index in [0.29, 0.717) is 0 Å². The van der Waals surface area contributed by atoms with Crippen molar-refractivity contribution in [3.05, 3.63) is 35.4 Å². The lowest BCUT2D eigenvalue weighted by Crippen LogP contribution is -1.67. The normalized spacial score (nSPS) is 9.43. The largest absolute Gasteiger partial charge is 0.449 e. The van der Waals surface area contributed by atoms with E-state index in [4.69, 9.17) is 8.94 Å². The van der Waals surface area contributed by atoms with Crippen molar-refractivity contribution in [2.45, 2.75) is 27.7 Å². The summed E-state index contributed by atoms with van der Waals surface area (Å²) in [6.07, 6.45) is 1.63. The van der Waals surface area contributed by atoms with E-state index < -0.39 is 0 Å². The van der Waals surface area contributed by atoms with Gasteiger partial charge >= 0.3 is 0 Å². The quantitative estimate of drug-likeness (QED) is 0.646. The van der Waals surface area contributed by atoms with E-state index in [1.807, 2.05) is 33.8 Å². The first-order valence-corrected chi connectivity index (χ1v) is 4.36. The van der Waals surface area contributed by atoms with Gasteiger partial charge in [0.2, 0.25) is 0 Å². The zero-order chi connectivity index (χ0) is 10.6. The van der Waals surface area contributed by atoms with Crippen molar-refractivity contribution in [2.75, 3.05) is 0 Å². The summed E-state index contributed by atoms with van der Waals surface area (Å²) in [5.41, 5.74) is 1.88. The van der Waals surface area contributed by atoms with Gasteiger partial charge in [0.25, 0.3) is 0 Å². The van der Waals surface area contributed by atoms with Gasteiger partial charge < -0.3 is 8.94 Å². The van der Waals surface area contributed by atoms with Crippen molar-refractivity contribution >= 4 is 0 Å². The second kappa shape index (κ2) is 4.60. The number of aromatic nitrogens is 2. The molecule has 0 saturated carbocycles. The predicted molar refractivity (Wildman–Crippen MR) is 52.0 cm³/mol. The fourth-order valence-electron chi connectivity index (χ4n) is 0.962. The van der Waals surface area contributed by atoms with Crippen LogP contribution in [0.5, 0.6) is 0 Å². The van der Waals surface area contributed by atoms with Crippen LogP contribution in [-0.4, -0.2) is 10.1 Å². The van der Waals surface area contributed by atoms with Gasteiger partial charge in [0, 0.05) is 13.0 Å². The molecule has 0 aliphatic heterocycles. The fraction of sp³-hybridized carbons (Fsp3) is 0.400. The average Bonchev–Trinajstić information content (AvgIpc) is 2.63. The highest BCUT2D eigenvalue weighted by atomic mass is 16.5. The summed E-state index contributed by atoms with van der Waals surface area (Å²) < 4.78 is 9.57. The molecule has 0 spiro atoms. The lowest BCUT2D eigenvalue weighted by atomic mass is 10.4. The number of rotatable bonds is 0. The van der Waals surface area contributed by atoms with E-state index in [9.17, 15) is 0 Å². The Morgan fingerprint density at radius 1 is 1.07 bits per heavy atom. The molecule has 14 heavy (non-hydrogen) atoms. The zero-order valence-electron chi connectivity index (χ0n) is 8.87. The van der Waals surface area contributed by atoms with Crippen LogP contribution in [0.2, 0.25) is 0 Å². The molecule has 0 N–H and O–H groups in total. The second-order valence-electron chi connectivity index (χ2n) is 3.09. The molecule has 4 heteroatoms. The number of hydrogen-bond donors (Lipinski definition) is 0. The summed E-state index contributed by atoms with van der Waals surface area (Å²) in [6.45, 7) is 7.50. The number of oxazole rings is 1. The molecule has 0 radical (unpaired) electrons.